The van der Waals surface area contributed by atoms with Crippen LogP contribution in [0.4, 0.5) is 0 Å². The molecule has 0 amide bonds. The van der Waals surface area contributed by atoms with Gasteiger partial charge in [-0.25, -0.2) is 18.3 Å². The second-order valence-electron chi connectivity index (χ2n) is 12.5. The molecule has 3 aromatic heterocycles. The Balaban J connectivity index is 1.19. The lowest BCUT2D eigenvalue weighted by Crippen LogP contribution is -2.32. The van der Waals surface area contributed by atoms with Crippen LogP contribution in [0.5, 0.6) is 11.5 Å². The molecular formula is C40H34N6O3+2. The van der Waals surface area contributed by atoms with Crippen molar-refractivity contribution in [3.63, 3.8) is 0 Å². The molecule has 0 spiro atoms. The Morgan fingerprint density at radius 1 is 0.571 bits per heavy atom. The number of hydrogen-bond donors (Lipinski definition) is 0. The molecule has 0 radical (unpaired) electrons. The third kappa shape index (κ3) is 5.20. The van der Waals surface area contributed by atoms with Gasteiger partial charge < -0.3 is 13.9 Å². The summed E-state index contributed by atoms with van der Waals surface area (Å²) < 4.78 is 27.3. The van der Waals surface area contributed by atoms with E-state index in [0.29, 0.717) is 38.0 Å². The van der Waals surface area contributed by atoms with Crippen molar-refractivity contribution in [3.8, 4) is 34.4 Å². The topological polar surface area (TPSA) is 75.0 Å². The van der Waals surface area contributed by atoms with Gasteiger partial charge in [0.2, 0.25) is 24.4 Å². The van der Waals surface area contributed by atoms with Crippen LogP contribution in [0.3, 0.4) is 0 Å². The second kappa shape index (κ2) is 11.8. The summed E-state index contributed by atoms with van der Waals surface area (Å²) in [6.07, 6.45) is 4.36. The number of para-hydroxylation sites is 4. The van der Waals surface area contributed by atoms with Crippen LogP contribution in [0.1, 0.15) is 22.3 Å². The molecule has 240 valence electrons. The zero-order valence-electron chi connectivity index (χ0n) is 27.3. The van der Waals surface area contributed by atoms with Crippen molar-refractivity contribution < 1.29 is 23.0 Å². The van der Waals surface area contributed by atoms with Gasteiger partial charge in [-0.3, -0.25) is 0 Å². The molecule has 9 heterocycles. The molecule has 49 heavy (non-hydrogen) atoms. The first-order chi connectivity index (χ1) is 24.1. The molecule has 0 N–H and O–H groups in total. The van der Waals surface area contributed by atoms with Gasteiger partial charge in [0.25, 0.3) is 0 Å². The highest BCUT2D eigenvalue weighted by atomic mass is 16.5. The number of imidazole rings is 2. The fourth-order valence-electron chi connectivity index (χ4n) is 6.98. The van der Waals surface area contributed by atoms with Crippen molar-refractivity contribution in [2.75, 3.05) is 14.2 Å². The van der Waals surface area contributed by atoms with Crippen LogP contribution in [0.2, 0.25) is 0 Å². The van der Waals surface area contributed by atoms with Crippen molar-refractivity contribution >= 4 is 22.1 Å². The first-order valence-electron chi connectivity index (χ1n) is 16.3. The van der Waals surface area contributed by atoms with E-state index in [2.05, 4.69) is 126 Å². The van der Waals surface area contributed by atoms with Gasteiger partial charge >= 0.3 is 0 Å². The molecule has 14 rings (SSSR count). The fraction of sp³-hybridized carbons (Fsp3) is 0.150. The molecule has 5 aromatic carbocycles. The zero-order chi connectivity index (χ0) is 32.9. The number of hydrogen-bond acceptors (Lipinski definition) is 5. The van der Waals surface area contributed by atoms with E-state index in [4.69, 9.17) is 13.9 Å². The summed E-state index contributed by atoms with van der Waals surface area (Å²) in [4.78, 5) is 0. The van der Waals surface area contributed by atoms with E-state index in [-0.39, 0.29) is 0 Å². The molecule has 0 saturated carbocycles. The van der Waals surface area contributed by atoms with Gasteiger partial charge in [-0.1, -0.05) is 48.5 Å². The number of rotatable bonds is 2. The van der Waals surface area contributed by atoms with E-state index >= 15 is 0 Å². The molecule has 6 aliphatic rings. The van der Waals surface area contributed by atoms with Gasteiger partial charge in [0.1, 0.15) is 37.7 Å². The third-order valence-corrected chi connectivity index (χ3v) is 9.46. The van der Waals surface area contributed by atoms with Crippen LogP contribution in [-0.2, 0) is 26.2 Å². The molecule has 6 aliphatic heterocycles. The minimum Gasteiger partial charge on any atom is -0.496 e. The Morgan fingerprint density at radius 2 is 1.00 bits per heavy atom. The number of nitrogens with zero attached hydrogens (tertiary/aromatic N) is 6. The summed E-state index contributed by atoms with van der Waals surface area (Å²) in [5.74, 6) is 2.66. The van der Waals surface area contributed by atoms with E-state index in [1.54, 1.807) is 14.2 Å². The van der Waals surface area contributed by atoms with Crippen LogP contribution in [-0.4, -0.2) is 33.6 Å². The Hall–Kier alpha value is -6.22. The monoisotopic (exact) mass is 646 g/mol. The number of ether oxygens (including phenoxy) is 2. The van der Waals surface area contributed by atoms with E-state index in [0.717, 1.165) is 55.8 Å². The summed E-state index contributed by atoms with van der Waals surface area (Å²) in [7, 11) is 3.48. The van der Waals surface area contributed by atoms with E-state index in [1.807, 2.05) is 24.3 Å². The van der Waals surface area contributed by atoms with Crippen LogP contribution < -0.4 is 18.6 Å². The average Bonchev–Trinajstić information content (AvgIpc) is 3.86. The zero-order valence-corrected chi connectivity index (χ0v) is 27.3. The Morgan fingerprint density at radius 3 is 1.43 bits per heavy atom. The van der Waals surface area contributed by atoms with Crippen molar-refractivity contribution in [1.29, 1.82) is 0 Å². The van der Waals surface area contributed by atoms with Gasteiger partial charge in [0.05, 0.1) is 14.2 Å². The Labute approximate surface area is 282 Å². The largest absolute Gasteiger partial charge is 0.496 e. The van der Waals surface area contributed by atoms with Crippen molar-refractivity contribution in [2.45, 2.75) is 26.2 Å². The van der Waals surface area contributed by atoms with Gasteiger partial charge in [-0.2, -0.15) is 0 Å². The smallest absolute Gasteiger partial charge is 0.248 e. The normalized spacial score (nSPS) is 12.8. The lowest BCUT2D eigenvalue weighted by atomic mass is 10.1. The number of aromatic nitrogens is 6. The first kappa shape index (κ1) is 29.0. The Kier molecular flexibility index (Phi) is 6.97. The highest BCUT2D eigenvalue weighted by molar-refractivity contribution is 5.73. The number of fused-ring (bicyclic) bond motifs is 2. The highest BCUT2D eigenvalue weighted by Crippen LogP contribution is 2.32. The lowest BCUT2D eigenvalue weighted by molar-refractivity contribution is -0.663. The molecule has 0 unspecified atom stereocenters. The number of methoxy groups -OCH3 is 2. The van der Waals surface area contributed by atoms with Crippen LogP contribution in [0, 0.1) is 0 Å². The predicted molar refractivity (Wildman–Crippen MR) is 185 cm³/mol. The molecule has 9 nitrogen and oxygen atoms in total. The SMILES string of the molecule is COc1cc2c(OC)cc1Cn1c[n+](c3ccccc31)Cc1ccc(cc1)-c1nnc(o1)-c1ccc(cc1)C[n+]1cn(c3ccccc31)C2. The van der Waals surface area contributed by atoms with Crippen LogP contribution >= 0.6 is 0 Å². The summed E-state index contributed by atoms with van der Waals surface area (Å²) in [6, 6.07) is 37.9. The van der Waals surface area contributed by atoms with Crippen molar-refractivity contribution in [3.05, 3.63) is 144 Å². The standard InChI is InChI=1S/C40H34N6O3/c1-47-37-19-32-24-46-26-44(34-8-4-6-10-36(34)46)22-28-13-17-30(18-14-28)40-42-41-39(49-40)29-15-11-27(12-16-29)21-43-25-45(23-31(37)20-38(32)48-2)35-9-5-3-7-33(35)43/h3-20,25-26H,21-24H2,1-2H3/q+2. The van der Waals surface area contributed by atoms with Gasteiger partial charge in [0, 0.05) is 22.3 Å². The lowest BCUT2D eigenvalue weighted by Gasteiger charge is -2.13. The molecule has 0 saturated heterocycles. The quantitative estimate of drug-likeness (QED) is 0.203. The first-order valence-corrected chi connectivity index (χ1v) is 16.3. The van der Waals surface area contributed by atoms with E-state index < -0.39 is 0 Å². The molecule has 0 fully saturated rings. The summed E-state index contributed by atoms with van der Waals surface area (Å²) in [6.45, 7) is 2.66. The summed E-state index contributed by atoms with van der Waals surface area (Å²) >= 11 is 0. The minimum atomic E-state index is 0.499. The maximum atomic E-state index is 6.14. The maximum Gasteiger partial charge on any atom is 0.248 e. The van der Waals surface area contributed by atoms with E-state index in [1.165, 1.54) is 11.1 Å². The number of benzene rings is 5. The maximum absolute atomic E-state index is 6.14. The van der Waals surface area contributed by atoms with Crippen molar-refractivity contribution in [2.24, 2.45) is 0 Å². The predicted octanol–water partition coefficient (Wildman–Crippen LogP) is 6.41. The highest BCUT2D eigenvalue weighted by Gasteiger charge is 2.22. The van der Waals surface area contributed by atoms with Gasteiger partial charge in [-0.05, 0) is 71.8 Å². The van der Waals surface area contributed by atoms with Gasteiger partial charge in [0.15, 0.2) is 22.1 Å². The molecular weight excluding hydrogens is 612 g/mol. The molecule has 9 heteroatoms. The van der Waals surface area contributed by atoms with E-state index in [9.17, 15) is 0 Å². The van der Waals surface area contributed by atoms with Crippen molar-refractivity contribution in [1.82, 2.24) is 19.3 Å². The average molecular weight is 647 g/mol. The molecule has 0 atom stereocenters. The van der Waals surface area contributed by atoms with Crippen LogP contribution in [0.25, 0.3) is 45.0 Å². The molecule has 8 aromatic rings. The molecule has 12 bridgehead atoms. The summed E-state index contributed by atoms with van der Waals surface area (Å²) in [5.41, 5.74) is 10.8. The Bertz CT molecular complexity index is 2300. The minimum absolute atomic E-state index is 0.499. The summed E-state index contributed by atoms with van der Waals surface area (Å²) in [5, 5.41) is 8.74. The third-order valence-electron chi connectivity index (χ3n) is 9.46. The van der Waals surface area contributed by atoms with Gasteiger partial charge in [-0.15, -0.1) is 10.2 Å². The second-order valence-corrected chi connectivity index (χ2v) is 12.5. The molecule has 0 aliphatic carbocycles. The fourth-order valence-corrected chi connectivity index (χ4v) is 6.98. The van der Waals surface area contributed by atoms with Crippen LogP contribution in [0.15, 0.2) is 126 Å².